The summed E-state index contributed by atoms with van der Waals surface area (Å²) in [7, 11) is 0. The van der Waals surface area contributed by atoms with E-state index in [4.69, 9.17) is 4.74 Å². The third kappa shape index (κ3) is 3.68. The molecule has 2 fully saturated rings. The molecule has 1 aromatic rings. The molecule has 1 saturated carbocycles. The van der Waals surface area contributed by atoms with Crippen LogP contribution in [-0.4, -0.2) is 40.6 Å². The molecule has 0 aromatic carbocycles. The molecule has 0 N–H and O–H groups in total. The number of carbonyl (C=O) groups is 2. The number of amides is 2. The molecule has 2 amide bonds. The Bertz CT molecular complexity index is 605. The van der Waals surface area contributed by atoms with Gasteiger partial charge < -0.3 is 9.64 Å². The predicted octanol–water partition coefficient (Wildman–Crippen LogP) is 3.28. The number of hydrogen-bond donors (Lipinski definition) is 0. The second kappa shape index (κ2) is 6.42. The maximum atomic E-state index is 12.5. The highest BCUT2D eigenvalue weighted by atomic mass is 16.6. The van der Waals surface area contributed by atoms with Crippen LogP contribution >= 0.6 is 0 Å². The fourth-order valence-corrected chi connectivity index (χ4v) is 3.08. The number of nitrogens with zero attached hydrogens (tertiary/aromatic N) is 3. The maximum Gasteiger partial charge on any atom is 0.416 e. The maximum absolute atomic E-state index is 12.5. The molecule has 0 radical (unpaired) electrons. The van der Waals surface area contributed by atoms with E-state index in [2.05, 4.69) is 4.98 Å². The zero-order valence-electron chi connectivity index (χ0n) is 14.6. The smallest absolute Gasteiger partial charge is 0.416 e. The lowest BCUT2D eigenvalue weighted by Gasteiger charge is -2.27. The van der Waals surface area contributed by atoms with E-state index in [9.17, 15) is 9.59 Å². The topological polar surface area (TPSA) is 62.7 Å². The van der Waals surface area contributed by atoms with Crippen LogP contribution < -0.4 is 4.90 Å². The van der Waals surface area contributed by atoms with Gasteiger partial charge in [0.2, 0.25) is 6.41 Å². The first-order chi connectivity index (χ1) is 11.4. The van der Waals surface area contributed by atoms with Crippen LogP contribution in [-0.2, 0) is 9.53 Å². The van der Waals surface area contributed by atoms with E-state index in [1.54, 1.807) is 11.1 Å². The molecule has 6 nitrogen and oxygen atoms in total. The van der Waals surface area contributed by atoms with Gasteiger partial charge in [-0.05, 0) is 58.1 Å². The number of likely N-dealkylation sites (tertiary alicyclic amines) is 1. The molecular weight excluding hydrogens is 306 g/mol. The molecule has 0 bridgehead atoms. The third-order valence-corrected chi connectivity index (χ3v) is 4.33. The molecule has 3 rings (SSSR count). The Morgan fingerprint density at radius 1 is 1.33 bits per heavy atom. The molecule has 2 heterocycles. The van der Waals surface area contributed by atoms with Gasteiger partial charge in [0, 0.05) is 18.8 Å². The van der Waals surface area contributed by atoms with E-state index in [1.165, 1.54) is 0 Å². The van der Waals surface area contributed by atoms with E-state index in [0.717, 1.165) is 44.2 Å². The van der Waals surface area contributed by atoms with Crippen LogP contribution in [0, 0.1) is 0 Å². The standard InChI is InChI=1S/C18H25N3O3/c1-18(2,3)24-17(23)21(14-7-8-14)16-9-6-13(11-19-16)15-5-4-10-20(15)12-22/h6,9,11-12,14-15H,4-5,7-8,10H2,1-3H3/t15-/m0/s1. The average Bonchev–Trinajstić information content (AvgIpc) is 3.22. The van der Waals surface area contributed by atoms with Crippen molar-refractivity contribution in [1.82, 2.24) is 9.88 Å². The van der Waals surface area contributed by atoms with Crippen molar-refractivity contribution in [3.05, 3.63) is 23.9 Å². The Balaban J connectivity index is 1.77. The molecule has 6 heteroatoms. The van der Waals surface area contributed by atoms with Crippen LogP contribution in [0.3, 0.4) is 0 Å². The van der Waals surface area contributed by atoms with Gasteiger partial charge in [0.25, 0.3) is 0 Å². The van der Waals surface area contributed by atoms with E-state index in [1.807, 2.05) is 37.8 Å². The summed E-state index contributed by atoms with van der Waals surface area (Å²) in [5.74, 6) is 0.617. The minimum Gasteiger partial charge on any atom is -0.443 e. The SMILES string of the molecule is CC(C)(C)OC(=O)N(c1ccc([C@@H]2CCCN2C=O)cn1)C1CC1. The molecule has 2 aliphatic rings. The highest BCUT2D eigenvalue weighted by Gasteiger charge is 2.37. The summed E-state index contributed by atoms with van der Waals surface area (Å²) in [4.78, 5) is 31.6. The summed E-state index contributed by atoms with van der Waals surface area (Å²) >= 11 is 0. The molecule has 1 aliphatic carbocycles. The number of rotatable bonds is 4. The molecule has 130 valence electrons. The number of hydrogen-bond acceptors (Lipinski definition) is 4. The average molecular weight is 331 g/mol. The normalized spacial score (nSPS) is 20.8. The van der Waals surface area contributed by atoms with Crippen molar-refractivity contribution >= 4 is 18.3 Å². The highest BCUT2D eigenvalue weighted by molar-refractivity contribution is 5.88. The Labute approximate surface area is 142 Å². The summed E-state index contributed by atoms with van der Waals surface area (Å²) in [6.07, 6.45) is 6.26. The van der Waals surface area contributed by atoms with E-state index in [0.29, 0.717) is 5.82 Å². The van der Waals surface area contributed by atoms with Crippen molar-refractivity contribution in [2.24, 2.45) is 0 Å². The summed E-state index contributed by atoms with van der Waals surface area (Å²) in [6.45, 7) is 6.38. The molecule has 1 aromatic heterocycles. The van der Waals surface area contributed by atoms with Crippen molar-refractivity contribution in [3.8, 4) is 0 Å². The second-order valence-corrected chi connectivity index (χ2v) is 7.53. The number of ether oxygens (including phenoxy) is 1. The van der Waals surface area contributed by atoms with E-state index < -0.39 is 5.60 Å². The van der Waals surface area contributed by atoms with Crippen LogP contribution in [0.15, 0.2) is 18.3 Å². The number of aromatic nitrogens is 1. The summed E-state index contributed by atoms with van der Waals surface area (Å²) in [6, 6.07) is 4.10. The Hall–Kier alpha value is -2.11. The summed E-state index contributed by atoms with van der Waals surface area (Å²) in [5.41, 5.74) is 0.488. The molecule has 1 saturated heterocycles. The highest BCUT2D eigenvalue weighted by Crippen LogP contribution is 2.34. The third-order valence-electron chi connectivity index (χ3n) is 4.33. The zero-order chi connectivity index (χ0) is 17.3. The minimum atomic E-state index is -0.529. The second-order valence-electron chi connectivity index (χ2n) is 7.53. The van der Waals surface area contributed by atoms with Gasteiger partial charge in [-0.1, -0.05) is 6.07 Å². The van der Waals surface area contributed by atoms with Gasteiger partial charge in [0.05, 0.1) is 6.04 Å². The first-order valence-corrected chi connectivity index (χ1v) is 8.58. The Morgan fingerprint density at radius 3 is 2.62 bits per heavy atom. The fourth-order valence-electron chi connectivity index (χ4n) is 3.08. The molecular formula is C18H25N3O3. The van der Waals surface area contributed by atoms with E-state index in [-0.39, 0.29) is 18.2 Å². The summed E-state index contributed by atoms with van der Waals surface area (Å²) < 4.78 is 5.51. The number of pyridine rings is 1. The number of carbonyl (C=O) groups excluding carboxylic acids is 2. The molecule has 0 spiro atoms. The van der Waals surface area contributed by atoms with Crippen LogP contribution in [0.2, 0.25) is 0 Å². The van der Waals surface area contributed by atoms with Crippen molar-refractivity contribution in [3.63, 3.8) is 0 Å². The van der Waals surface area contributed by atoms with Crippen LogP contribution in [0.4, 0.5) is 10.6 Å². The quantitative estimate of drug-likeness (QED) is 0.794. The Kier molecular flexibility index (Phi) is 4.47. The van der Waals surface area contributed by atoms with Gasteiger partial charge in [-0.2, -0.15) is 0 Å². The predicted molar refractivity (Wildman–Crippen MR) is 90.7 cm³/mol. The molecule has 1 atom stereocenters. The first-order valence-electron chi connectivity index (χ1n) is 8.58. The van der Waals surface area contributed by atoms with Crippen LogP contribution in [0.5, 0.6) is 0 Å². The fraction of sp³-hybridized carbons (Fsp3) is 0.611. The lowest BCUT2D eigenvalue weighted by molar-refractivity contribution is -0.118. The van der Waals surface area contributed by atoms with Gasteiger partial charge in [0.1, 0.15) is 11.4 Å². The summed E-state index contributed by atoms with van der Waals surface area (Å²) in [5, 5.41) is 0. The van der Waals surface area contributed by atoms with Gasteiger partial charge >= 0.3 is 6.09 Å². The largest absolute Gasteiger partial charge is 0.443 e. The lowest BCUT2D eigenvalue weighted by atomic mass is 10.1. The zero-order valence-corrected chi connectivity index (χ0v) is 14.6. The van der Waals surface area contributed by atoms with Gasteiger partial charge in [-0.3, -0.25) is 9.69 Å². The first kappa shape index (κ1) is 16.7. The number of anilines is 1. The van der Waals surface area contributed by atoms with Crippen molar-refractivity contribution in [2.45, 2.75) is 64.1 Å². The van der Waals surface area contributed by atoms with Crippen molar-refractivity contribution in [2.75, 3.05) is 11.4 Å². The lowest BCUT2D eigenvalue weighted by Crippen LogP contribution is -2.38. The monoisotopic (exact) mass is 331 g/mol. The van der Waals surface area contributed by atoms with Crippen LogP contribution in [0.1, 0.15) is 58.1 Å². The van der Waals surface area contributed by atoms with Gasteiger partial charge in [0.15, 0.2) is 0 Å². The molecule has 1 aliphatic heterocycles. The van der Waals surface area contributed by atoms with Gasteiger partial charge in [-0.15, -0.1) is 0 Å². The van der Waals surface area contributed by atoms with Gasteiger partial charge in [-0.25, -0.2) is 9.78 Å². The van der Waals surface area contributed by atoms with Crippen molar-refractivity contribution < 1.29 is 14.3 Å². The minimum absolute atomic E-state index is 0.0972. The Morgan fingerprint density at radius 2 is 2.08 bits per heavy atom. The molecule has 24 heavy (non-hydrogen) atoms. The molecule has 0 unspecified atom stereocenters. The van der Waals surface area contributed by atoms with Crippen molar-refractivity contribution in [1.29, 1.82) is 0 Å². The van der Waals surface area contributed by atoms with Crippen LogP contribution in [0.25, 0.3) is 0 Å². The van der Waals surface area contributed by atoms with E-state index >= 15 is 0 Å².